The first-order valence-corrected chi connectivity index (χ1v) is 6.27. The second-order valence-corrected chi connectivity index (χ2v) is 4.79. The van der Waals surface area contributed by atoms with Crippen LogP contribution in [0.5, 0.6) is 0 Å². The van der Waals surface area contributed by atoms with Gasteiger partial charge in [-0.15, -0.1) is 12.4 Å². The number of hydrogen-bond acceptors (Lipinski definition) is 3. The molecule has 0 spiro atoms. The summed E-state index contributed by atoms with van der Waals surface area (Å²) in [5, 5.41) is 3.85. The average molecular weight is 261 g/mol. The summed E-state index contributed by atoms with van der Waals surface area (Å²) < 4.78 is 0. The lowest BCUT2D eigenvalue weighted by molar-refractivity contribution is 0.0679. The van der Waals surface area contributed by atoms with E-state index in [0.29, 0.717) is 12.5 Å². The van der Waals surface area contributed by atoms with Gasteiger partial charge < -0.3 is 10.6 Å². The molecule has 90 valence electrons. The van der Waals surface area contributed by atoms with E-state index in [1.54, 1.807) is 11.3 Å². The molecule has 1 aliphatic rings. The van der Waals surface area contributed by atoms with Crippen LogP contribution in [0.2, 0.25) is 0 Å². The van der Waals surface area contributed by atoms with Crippen molar-refractivity contribution in [3.63, 3.8) is 0 Å². The normalized spacial score (nSPS) is 20.3. The molecule has 0 aromatic carbocycles. The van der Waals surface area contributed by atoms with Crippen LogP contribution in [0.1, 0.15) is 23.2 Å². The van der Waals surface area contributed by atoms with Gasteiger partial charge in [0.1, 0.15) is 0 Å². The predicted octanol–water partition coefficient (Wildman–Crippen LogP) is 1.98. The van der Waals surface area contributed by atoms with Crippen molar-refractivity contribution in [2.75, 3.05) is 19.6 Å². The number of nitrogens with two attached hydrogens (primary N) is 1. The largest absolute Gasteiger partial charge is 0.338 e. The molecule has 2 rings (SSSR count). The zero-order chi connectivity index (χ0) is 10.7. The lowest BCUT2D eigenvalue weighted by atomic mass is 9.98. The summed E-state index contributed by atoms with van der Waals surface area (Å²) in [6.45, 7) is 2.39. The van der Waals surface area contributed by atoms with Crippen molar-refractivity contribution < 1.29 is 4.79 Å². The Kier molecular flexibility index (Phi) is 5.25. The Morgan fingerprint density at radius 2 is 2.44 bits per heavy atom. The van der Waals surface area contributed by atoms with Crippen molar-refractivity contribution in [1.82, 2.24) is 4.90 Å². The number of piperidine rings is 1. The predicted molar refractivity (Wildman–Crippen MR) is 69.2 cm³/mol. The maximum atomic E-state index is 12.0. The van der Waals surface area contributed by atoms with E-state index in [9.17, 15) is 4.79 Å². The summed E-state index contributed by atoms with van der Waals surface area (Å²) in [6, 6.07) is 1.89. The Bertz CT molecular complexity index is 329. The van der Waals surface area contributed by atoms with Crippen molar-refractivity contribution in [2.24, 2.45) is 11.7 Å². The fourth-order valence-electron chi connectivity index (χ4n) is 2.01. The van der Waals surface area contributed by atoms with E-state index in [4.69, 9.17) is 5.73 Å². The minimum atomic E-state index is 0. The van der Waals surface area contributed by atoms with Gasteiger partial charge in [0.15, 0.2) is 0 Å². The maximum Gasteiger partial charge on any atom is 0.254 e. The van der Waals surface area contributed by atoms with E-state index in [2.05, 4.69) is 0 Å². The highest BCUT2D eigenvalue weighted by Gasteiger charge is 2.23. The zero-order valence-electron chi connectivity index (χ0n) is 9.09. The van der Waals surface area contributed by atoms with Gasteiger partial charge >= 0.3 is 0 Å². The van der Waals surface area contributed by atoms with E-state index < -0.39 is 0 Å². The van der Waals surface area contributed by atoms with Gasteiger partial charge in [-0.3, -0.25) is 4.79 Å². The molecular formula is C11H17ClN2OS. The van der Waals surface area contributed by atoms with Crippen LogP contribution >= 0.6 is 23.7 Å². The standard InChI is InChI=1S/C11H16N2OS.ClH/c12-6-9-2-1-4-13(7-9)11(14)10-3-5-15-8-10;/h3,5,8-9H,1-2,4,6-7,12H2;1H. The average Bonchev–Trinajstić information content (AvgIpc) is 2.81. The van der Waals surface area contributed by atoms with Crippen LogP contribution in [-0.2, 0) is 0 Å². The summed E-state index contributed by atoms with van der Waals surface area (Å²) in [6.07, 6.45) is 2.24. The molecule has 2 heterocycles. The summed E-state index contributed by atoms with van der Waals surface area (Å²) in [5.74, 6) is 0.649. The van der Waals surface area contributed by atoms with Crippen LogP contribution in [-0.4, -0.2) is 30.4 Å². The molecule has 16 heavy (non-hydrogen) atoms. The summed E-state index contributed by atoms with van der Waals surface area (Å²) >= 11 is 1.57. The first-order valence-electron chi connectivity index (χ1n) is 5.33. The molecule has 0 saturated carbocycles. The third kappa shape index (κ3) is 2.97. The maximum absolute atomic E-state index is 12.0. The SMILES string of the molecule is Cl.NCC1CCCN(C(=O)c2ccsc2)C1. The number of likely N-dealkylation sites (tertiary alicyclic amines) is 1. The number of hydrogen-bond donors (Lipinski definition) is 1. The van der Waals surface area contributed by atoms with Gasteiger partial charge in [-0.1, -0.05) is 0 Å². The molecule has 1 aromatic heterocycles. The summed E-state index contributed by atoms with van der Waals surface area (Å²) in [4.78, 5) is 13.9. The van der Waals surface area contributed by atoms with Crippen molar-refractivity contribution in [1.29, 1.82) is 0 Å². The van der Waals surface area contributed by atoms with Crippen LogP contribution < -0.4 is 5.73 Å². The van der Waals surface area contributed by atoms with Gasteiger partial charge in [0, 0.05) is 18.5 Å². The Hall–Kier alpha value is -0.580. The Morgan fingerprint density at radius 3 is 3.06 bits per heavy atom. The number of halogens is 1. The van der Waals surface area contributed by atoms with Gasteiger partial charge in [0.05, 0.1) is 5.56 Å². The molecule has 1 amide bonds. The zero-order valence-corrected chi connectivity index (χ0v) is 10.7. The molecule has 1 aromatic rings. The van der Waals surface area contributed by atoms with Crippen molar-refractivity contribution in [3.8, 4) is 0 Å². The lowest BCUT2D eigenvalue weighted by Crippen LogP contribution is -2.41. The van der Waals surface area contributed by atoms with Crippen molar-refractivity contribution in [3.05, 3.63) is 22.4 Å². The van der Waals surface area contributed by atoms with E-state index in [1.807, 2.05) is 21.7 Å². The lowest BCUT2D eigenvalue weighted by Gasteiger charge is -2.31. The molecule has 1 fully saturated rings. The quantitative estimate of drug-likeness (QED) is 0.884. The Labute approximate surface area is 106 Å². The Balaban J connectivity index is 0.00000128. The van der Waals surface area contributed by atoms with Crippen LogP contribution in [0.4, 0.5) is 0 Å². The highest BCUT2D eigenvalue weighted by molar-refractivity contribution is 7.08. The fourth-order valence-corrected chi connectivity index (χ4v) is 2.64. The van der Waals surface area contributed by atoms with E-state index in [1.165, 1.54) is 0 Å². The fraction of sp³-hybridized carbons (Fsp3) is 0.545. The molecule has 2 N–H and O–H groups in total. The number of rotatable bonds is 2. The van der Waals surface area contributed by atoms with E-state index in [-0.39, 0.29) is 18.3 Å². The van der Waals surface area contributed by atoms with Gasteiger partial charge in [-0.2, -0.15) is 11.3 Å². The molecular weight excluding hydrogens is 244 g/mol. The smallest absolute Gasteiger partial charge is 0.254 e. The first-order chi connectivity index (χ1) is 7.31. The summed E-state index contributed by atoms with van der Waals surface area (Å²) in [7, 11) is 0. The topological polar surface area (TPSA) is 46.3 Å². The van der Waals surface area contributed by atoms with Crippen LogP contribution in [0.25, 0.3) is 0 Å². The molecule has 1 atom stereocenters. The molecule has 3 nitrogen and oxygen atoms in total. The third-order valence-corrected chi connectivity index (χ3v) is 3.59. The number of carbonyl (C=O) groups excluding carboxylic acids is 1. The molecule has 1 unspecified atom stereocenters. The van der Waals surface area contributed by atoms with Crippen LogP contribution in [0.3, 0.4) is 0 Å². The molecule has 0 bridgehead atoms. The molecule has 0 radical (unpaired) electrons. The second kappa shape index (κ2) is 6.23. The van der Waals surface area contributed by atoms with Crippen molar-refractivity contribution >= 4 is 29.7 Å². The molecule has 1 saturated heterocycles. The number of carbonyl (C=O) groups is 1. The minimum Gasteiger partial charge on any atom is -0.338 e. The molecule has 0 aliphatic carbocycles. The second-order valence-electron chi connectivity index (χ2n) is 4.01. The van der Waals surface area contributed by atoms with Gasteiger partial charge in [0.2, 0.25) is 0 Å². The van der Waals surface area contributed by atoms with Gasteiger partial charge in [-0.05, 0) is 36.8 Å². The number of thiophene rings is 1. The molecule has 5 heteroatoms. The van der Waals surface area contributed by atoms with Crippen LogP contribution in [0.15, 0.2) is 16.8 Å². The Morgan fingerprint density at radius 1 is 1.62 bits per heavy atom. The monoisotopic (exact) mass is 260 g/mol. The highest BCUT2D eigenvalue weighted by Crippen LogP contribution is 2.18. The molecule has 1 aliphatic heterocycles. The minimum absolute atomic E-state index is 0. The van der Waals surface area contributed by atoms with Crippen LogP contribution in [0, 0.1) is 5.92 Å². The van der Waals surface area contributed by atoms with E-state index in [0.717, 1.165) is 31.5 Å². The van der Waals surface area contributed by atoms with Gasteiger partial charge in [-0.25, -0.2) is 0 Å². The number of amides is 1. The number of nitrogens with zero attached hydrogens (tertiary/aromatic N) is 1. The van der Waals surface area contributed by atoms with Crippen molar-refractivity contribution in [2.45, 2.75) is 12.8 Å². The first kappa shape index (κ1) is 13.5. The van der Waals surface area contributed by atoms with Gasteiger partial charge in [0.25, 0.3) is 5.91 Å². The van der Waals surface area contributed by atoms with E-state index >= 15 is 0 Å². The summed E-state index contributed by atoms with van der Waals surface area (Å²) in [5.41, 5.74) is 6.47. The highest BCUT2D eigenvalue weighted by atomic mass is 35.5. The third-order valence-electron chi connectivity index (χ3n) is 2.91.